The highest BCUT2D eigenvalue weighted by Gasteiger charge is 2.38. The molecule has 0 N–H and O–H groups in total. The van der Waals surface area contributed by atoms with Crippen LogP contribution in [0.25, 0.3) is 11.3 Å². The molecular weight excluding hydrogens is 410 g/mol. The minimum atomic E-state index is -0.595. The fourth-order valence-corrected chi connectivity index (χ4v) is 4.12. The van der Waals surface area contributed by atoms with Crippen molar-refractivity contribution in [2.45, 2.75) is 46.1 Å². The zero-order valence-electron chi connectivity index (χ0n) is 19.8. The zero-order chi connectivity index (χ0) is 23.5. The van der Waals surface area contributed by atoms with Gasteiger partial charge in [-0.2, -0.15) is 0 Å². The average molecular weight is 444 g/mol. The maximum Gasteiger partial charge on any atom is 0.343 e. The summed E-state index contributed by atoms with van der Waals surface area (Å²) >= 11 is 0. The van der Waals surface area contributed by atoms with E-state index < -0.39 is 5.97 Å². The van der Waals surface area contributed by atoms with Gasteiger partial charge in [0.15, 0.2) is 16.9 Å². The zero-order valence-corrected chi connectivity index (χ0v) is 19.8. The fourth-order valence-electron chi connectivity index (χ4n) is 4.12. The molecule has 0 bridgehead atoms. The number of hydrogen-bond donors (Lipinski definition) is 0. The van der Waals surface area contributed by atoms with Crippen molar-refractivity contribution in [3.05, 3.63) is 45.7 Å². The van der Waals surface area contributed by atoms with Gasteiger partial charge in [0.25, 0.3) is 0 Å². The second-order valence-corrected chi connectivity index (χ2v) is 8.57. The van der Waals surface area contributed by atoms with Crippen molar-refractivity contribution < 1.29 is 23.7 Å². The number of pyridine rings is 1. The highest BCUT2D eigenvalue weighted by Crippen LogP contribution is 2.45. The van der Waals surface area contributed by atoms with Gasteiger partial charge in [-0.15, -0.1) is 0 Å². The van der Waals surface area contributed by atoms with Crippen LogP contribution in [-0.4, -0.2) is 44.6 Å². The van der Waals surface area contributed by atoms with E-state index >= 15 is 0 Å². The largest absolute Gasteiger partial charge is 0.493 e. The van der Waals surface area contributed by atoms with Gasteiger partial charge in [-0.05, 0) is 43.9 Å². The normalized spacial score (nSPS) is 17.0. The molecule has 2 heterocycles. The first-order valence-electron chi connectivity index (χ1n) is 11.0. The lowest BCUT2D eigenvalue weighted by molar-refractivity contribution is 0.0522. The van der Waals surface area contributed by atoms with Gasteiger partial charge in [0.2, 0.25) is 0 Å². The van der Waals surface area contributed by atoms with Crippen molar-refractivity contribution in [3.63, 3.8) is 0 Å². The maximum absolute atomic E-state index is 12.8. The first-order valence-corrected chi connectivity index (χ1v) is 11.0. The SMILES string of the molecule is CCOC(=O)c1cn2c(cc1=O)-c1cc(OC)c(OCCCOC)cc1CC2(C)C(C)C. The van der Waals surface area contributed by atoms with Gasteiger partial charge >= 0.3 is 5.97 Å². The Morgan fingerprint density at radius 1 is 1.16 bits per heavy atom. The van der Waals surface area contributed by atoms with E-state index in [9.17, 15) is 9.59 Å². The quantitative estimate of drug-likeness (QED) is 0.430. The molecule has 0 saturated heterocycles. The van der Waals surface area contributed by atoms with E-state index in [2.05, 4.69) is 20.8 Å². The third-order valence-corrected chi connectivity index (χ3v) is 6.30. The number of methoxy groups -OCH3 is 2. The molecule has 7 nitrogen and oxygen atoms in total. The molecule has 7 heteroatoms. The van der Waals surface area contributed by atoms with E-state index in [-0.39, 0.29) is 29.1 Å². The highest BCUT2D eigenvalue weighted by molar-refractivity contribution is 5.89. The van der Waals surface area contributed by atoms with Crippen LogP contribution >= 0.6 is 0 Å². The van der Waals surface area contributed by atoms with Crippen molar-refractivity contribution in [1.29, 1.82) is 0 Å². The van der Waals surface area contributed by atoms with Crippen LogP contribution in [0, 0.1) is 5.92 Å². The van der Waals surface area contributed by atoms with Crippen LogP contribution in [0.1, 0.15) is 50.0 Å². The van der Waals surface area contributed by atoms with Crippen LogP contribution in [0.15, 0.2) is 29.2 Å². The number of ether oxygens (including phenoxy) is 4. The summed E-state index contributed by atoms with van der Waals surface area (Å²) in [6, 6.07) is 5.45. The van der Waals surface area contributed by atoms with Crippen molar-refractivity contribution in [1.82, 2.24) is 4.57 Å². The third kappa shape index (κ3) is 4.39. The minimum Gasteiger partial charge on any atom is -0.493 e. The Morgan fingerprint density at radius 2 is 1.91 bits per heavy atom. The van der Waals surface area contributed by atoms with E-state index in [4.69, 9.17) is 18.9 Å². The summed E-state index contributed by atoms with van der Waals surface area (Å²) < 4.78 is 23.8. The summed E-state index contributed by atoms with van der Waals surface area (Å²) in [6.07, 6.45) is 3.14. The molecule has 2 aromatic rings. The molecule has 1 aromatic carbocycles. The van der Waals surface area contributed by atoms with Gasteiger partial charge in [-0.3, -0.25) is 4.79 Å². The molecule has 3 rings (SSSR count). The van der Waals surface area contributed by atoms with Crippen LogP contribution in [-0.2, 0) is 21.4 Å². The summed E-state index contributed by atoms with van der Waals surface area (Å²) in [4.78, 5) is 25.2. The molecule has 0 fully saturated rings. The number of benzene rings is 1. The van der Waals surface area contributed by atoms with Crippen molar-refractivity contribution >= 4 is 5.97 Å². The fraction of sp³-hybridized carbons (Fsp3) is 0.520. The monoisotopic (exact) mass is 443 g/mol. The number of fused-ring (bicyclic) bond motifs is 3. The van der Waals surface area contributed by atoms with Gasteiger partial charge in [0.05, 0.1) is 26.0 Å². The third-order valence-electron chi connectivity index (χ3n) is 6.30. The molecule has 0 saturated carbocycles. The summed E-state index contributed by atoms with van der Waals surface area (Å²) in [5, 5.41) is 0. The number of esters is 1. The summed E-state index contributed by atoms with van der Waals surface area (Å²) in [7, 11) is 3.26. The van der Waals surface area contributed by atoms with E-state index in [1.807, 2.05) is 16.7 Å². The number of carbonyl (C=O) groups is 1. The predicted octanol–water partition coefficient (Wildman–Crippen LogP) is 4.04. The Morgan fingerprint density at radius 3 is 2.53 bits per heavy atom. The van der Waals surface area contributed by atoms with Crippen LogP contribution in [0.3, 0.4) is 0 Å². The molecule has 1 aromatic heterocycles. The van der Waals surface area contributed by atoms with E-state index in [1.54, 1.807) is 27.3 Å². The molecule has 32 heavy (non-hydrogen) atoms. The number of aromatic nitrogens is 1. The van der Waals surface area contributed by atoms with Crippen molar-refractivity contribution in [2.24, 2.45) is 5.92 Å². The summed E-state index contributed by atoms with van der Waals surface area (Å²) in [6.45, 7) is 9.51. The Hall–Kier alpha value is -2.80. The van der Waals surface area contributed by atoms with Crippen LogP contribution in [0.4, 0.5) is 0 Å². The molecule has 1 atom stereocenters. The van der Waals surface area contributed by atoms with E-state index in [1.165, 1.54) is 6.07 Å². The Bertz CT molecular complexity index is 1040. The first-order chi connectivity index (χ1) is 15.3. The van der Waals surface area contributed by atoms with Gasteiger partial charge < -0.3 is 23.5 Å². The second-order valence-electron chi connectivity index (χ2n) is 8.57. The Labute approximate surface area is 189 Å². The topological polar surface area (TPSA) is 76.0 Å². The number of rotatable bonds is 9. The van der Waals surface area contributed by atoms with Crippen molar-refractivity contribution in [3.8, 4) is 22.8 Å². The van der Waals surface area contributed by atoms with E-state index in [0.717, 1.165) is 29.7 Å². The maximum atomic E-state index is 12.8. The molecule has 1 unspecified atom stereocenters. The lowest BCUT2D eigenvalue weighted by Crippen LogP contribution is -2.42. The molecule has 0 amide bonds. The number of hydrogen-bond acceptors (Lipinski definition) is 6. The summed E-state index contributed by atoms with van der Waals surface area (Å²) in [5.41, 5.74) is 2.08. The second kappa shape index (κ2) is 9.77. The number of carbonyl (C=O) groups excluding carboxylic acids is 1. The molecule has 0 aliphatic carbocycles. The molecule has 0 radical (unpaired) electrons. The van der Waals surface area contributed by atoms with Crippen LogP contribution in [0.2, 0.25) is 0 Å². The standard InChI is InChI=1S/C25H33NO6/c1-7-31-24(28)19-15-26-20(13-21(19)27)18-12-22(30-6)23(32-10-8-9-29-5)11-17(18)14-25(26,4)16(2)3/h11-13,15-16H,7-10,14H2,1-6H3. The predicted molar refractivity (Wildman–Crippen MR) is 123 cm³/mol. The molecule has 0 spiro atoms. The lowest BCUT2D eigenvalue weighted by Gasteiger charge is -2.43. The first kappa shape index (κ1) is 23.9. The highest BCUT2D eigenvalue weighted by atomic mass is 16.5. The van der Waals surface area contributed by atoms with Crippen molar-refractivity contribution in [2.75, 3.05) is 34.0 Å². The molecule has 1 aliphatic heterocycles. The van der Waals surface area contributed by atoms with Crippen LogP contribution < -0.4 is 14.9 Å². The van der Waals surface area contributed by atoms with Gasteiger partial charge in [0.1, 0.15) is 5.56 Å². The summed E-state index contributed by atoms with van der Waals surface area (Å²) in [5.74, 6) is 0.914. The van der Waals surface area contributed by atoms with Gasteiger partial charge in [-0.1, -0.05) is 13.8 Å². The molecular formula is C25H33NO6. The van der Waals surface area contributed by atoms with Gasteiger partial charge in [0, 0.05) is 43.5 Å². The minimum absolute atomic E-state index is 0.0518. The average Bonchev–Trinajstić information content (AvgIpc) is 2.76. The number of nitrogens with zero attached hydrogens (tertiary/aromatic N) is 1. The lowest BCUT2D eigenvalue weighted by atomic mass is 9.77. The molecule has 1 aliphatic rings. The van der Waals surface area contributed by atoms with Crippen LogP contribution in [0.5, 0.6) is 11.5 Å². The molecule has 174 valence electrons. The Balaban J connectivity index is 2.15. The van der Waals surface area contributed by atoms with Gasteiger partial charge in [-0.25, -0.2) is 4.79 Å². The Kier molecular flexibility index (Phi) is 7.29. The van der Waals surface area contributed by atoms with E-state index in [0.29, 0.717) is 24.7 Å². The smallest absolute Gasteiger partial charge is 0.343 e.